The molecule has 3 rings (SSSR count). The van der Waals surface area contributed by atoms with Crippen molar-refractivity contribution in [2.75, 3.05) is 5.43 Å². The molecule has 3 aromatic rings. The molecule has 1 heterocycles. The number of thiazole rings is 1. The standard InChI is InChI=1S/C15H12ClN3OS/c1-9(11-8-10(16)6-7-13(11)20)18-19-15-17-12-4-2-3-5-14(12)21-15/h2-8,20H,1H3,(H,17,19)/b18-9+. The minimum atomic E-state index is 0.145. The van der Waals surface area contributed by atoms with E-state index in [2.05, 4.69) is 15.5 Å². The number of para-hydroxylation sites is 1. The molecule has 0 aliphatic carbocycles. The summed E-state index contributed by atoms with van der Waals surface area (Å²) in [4.78, 5) is 4.43. The van der Waals surface area contributed by atoms with Gasteiger partial charge in [0.05, 0.1) is 15.9 Å². The monoisotopic (exact) mass is 317 g/mol. The van der Waals surface area contributed by atoms with Crippen LogP contribution in [-0.2, 0) is 0 Å². The Morgan fingerprint density at radius 2 is 2.10 bits per heavy atom. The molecule has 2 N–H and O–H groups in total. The summed E-state index contributed by atoms with van der Waals surface area (Å²) in [6.45, 7) is 1.80. The van der Waals surface area contributed by atoms with Crippen LogP contribution in [0.3, 0.4) is 0 Å². The van der Waals surface area contributed by atoms with E-state index in [0.717, 1.165) is 10.2 Å². The molecular formula is C15H12ClN3OS. The molecule has 2 aromatic carbocycles. The molecule has 0 bridgehead atoms. The van der Waals surface area contributed by atoms with Crippen LogP contribution in [0, 0.1) is 0 Å². The average Bonchev–Trinajstić information content (AvgIpc) is 2.90. The highest BCUT2D eigenvalue weighted by molar-refractivity contribution is 7.22. The molecule has 21 heavy (non-hydrogen) atoms. The van der Waals surface area contributed by atoms with Gasteiger partial charge in [-0.1, -0.05) is 35.1 Å². The molecule has 0 saturated heterocycles. The minimum absolute atomic E-state index is 0.145. The van der Waals surface area contributed by atoms with E-state index < -0.39 is 0 Å². The van der Waals surface area contributed by atoms with Crippen LogP contribution < -0.4 is 5.43 Å². The van der Waals surface area contributed by atoms with Crippen LogP contribution in [0.25, 0.3) is 10.2 Å². The molecule has 6 heteroatoms. The molecule has 0 amide bonds. The van der Waals surface area contributed by atoms with Crippen LogP contribution in [0.4, 0.5) is 5.13 Å². The minimum Gasteiger partial charge on any atom is -0.507 e. The number of phenols is 1. The highest BCUT2D eigenvalue weighted by Crippen LogP contribution is 2.26. The van der Waals surface area contributed by atoms with Crippen molar-refractivity contribution in [3.8, 4) is 5.75 Å². The third-order valence-electron chi connectivity index (χ3n) is 2.96. The number of hydrogen-bond donors (Lipinski definition) is 2. The first-order chi connectivity index (χ1) is 10.1. The lowest BCUT2D eigenvalue weighted by molar-refractivity contribution is 0.474. The fraction of sp³-hybridized carbons (Fsp3) is 0.0667. The van der Waals surface area contributed by atoms with Gasteiger partial charge < -0.3 is 5.11 Å². The van der Waals surface area contributed by atoms with Gasteiger partial charge in [-0.15, -0.1) is 0 Å². The number of fused-ring (bicyclic) bond motifs is 1. The van der Waals surface area contributed by atoms with Crippen molar-refractivity contribution in [3.05, 3.63) is 53.1 Å². The Bertz CT molecular complexity index is 796. The normalized spacial score (nSPS) is 11.8. The van der Waals surface area contributed by atoms with Crippen molar-refractivity contribution in [1.82, 2.24) is 4.98 Å². The Kier molecular flexibility index (Phi) is 3.77. The fourth-order valence-corrected chi connectivity index (χ4v) is 2.89. The van der Waals surface area contributed by atoms with Crippen molar-refractivity contribution in [3.63, 3.8) is 0 Å². The van der Waals surface area contributed by atoms with Crippen LogP contribution in [-0.4, -0.2) is 15.8 Å². The summed E-state index contributed by atoms with van der Waals surface area (Å²) in [5, 5.41) is 15.4. The van der Waals surface area contributed by atoms with Gasteiger partial charge in [-0.2, -0.15) is 5.10 Å². The topological polar surface area (TPSA) is 57.5 Å². The molecule has 0 unspecified atom stereocenters. The second-order valence-corrected chi connectivity index (χ2v) is 5.92. The molecule has 0 fully saturated rings. The predicted molar refractivity (Wildman–Crippen MR) is 88.6 cm³/mol. The van der Waals surface area contributed by atoms with Gasteiger partial charge in [-0.3, -0.25) is 5.43 Å². The number of hydrazone groups is 1. The number of hydrogen-bond acceptors (Lipinski definition) is 5. The van der Waals surface area contributed by atoms with Crippen LogP contribution >= 0.6 is 22.9 Å². The first-order valence-corrected chi connectivity index (χ1v) is 7.48. The molecule has 1 aromatic heterocycles. The molecule has 4 nitrogen and oxygen atoms in total. The first kappa shape index (κ1) is 13.9. The van der Waals surface area contributed by atoms with E-state index >= 15 is 0 Å². The molecule has 0 aliphatic rings. The Morgan fingerprint density at radius 1 is 1.29 bits per heavy atom. The van der Waals surface area contributed by atoms with E-state index in [1.165, 1.54) is 11.3 Å². The van der Waals surface area contributed by atoms with Crippen molar-refractivity contribution < 1.29 is 5.11 Å². The van der Waals surface area contributed by atoms with Gasteiger partial charge in [0.15, 0.2) is 0 Å². The predicted octanol–water partition coefficient (Wildman–Crippen LogP) is 4.49. The highest BCUT2D eigenvalue weighted by atomic mass is 35.5. The number of anilines is 1. The van der Waals surface area contributed by atoms with Crippen molar-refractivity contribution in [2.24, 2.45) is 5.10 Å². The van der Waals surface area contributed by atoms with E-state index in [1.54, 1.807) is 25.1 Å². The van der Waals surface area contributed by atoms with Gasteiger partial charge in [0.2, 0.25) is 5.13 Å². The first-order valence-electron chi connectivity index (χ1n) is 6.28. The third-order valence-corrected chi connectivity index (χ3v) is 4.14. The fourth-order valence-electron chi connectivity index (χ4n) is 1.91. The number of phenolic OH excluding ortho intramolecular Hbond substituents is 1. The van der Waals surface area contributed by atoms with Gasteiger partial charge in [0.1, 0.15) is 5.75 Å². The largest absolute Gasteiger partial charge is 0.507 e. The lowest BCUT2D eigenvalue weighted by Crippen LogP contribution is -2.00. The zero-order chi connectivity index (χ0) is 14.8. The maximum absolute atomic E-state index is 9.84. The molecular weight excluding hydrogens is 306 g/mol. The maximum atomic E-state index is 9.84. The Balaban J connectivity index is 1.86. The SMILES string of the molecule is C/C(=N\Nc1nc2ccccc2s1)c1cc(Cl)ccc1O. The number of aromatic nitrogens is 1. The smallest absolute Gasteiger partial charge is 0.204 e. The highest BCUT2D eigenvalue weighted by Gasteiger charge is 2.06. The summed E-state index contributed by atoms with van der Waals surface area (Å²) in [6.07, 6.45) is 0. The van der Waals surface area contributed by atoms with E-state index in [1.807, 2.05) is 24.3 Å². The van der Waals surface area contributed by atoms with Crippen LogP contribution in [0.2, 0.25) is 5.02 Å². The summed E-state index contributed by atoms with van der Waals surface area (Å²) in [7, 11) is 0. The Hall–Kier alpha value is -2.11. The van der Waals surface area contributed by atoms with E-state index in [0.29, 0.717) is 21.4 Å². The number of nitrogens with one attached hydrogen (secondary N) is 1. The number of halogens is 1. The zero-order valence-corrected chi connectivity index (χ0v) is 12.7. The van der Waals surface area contributed by atoms with Crippen LogP contribution in [0.1, 0.15) is 12.5 Å². The second kappa shape index (κ2) is 5.71. The van der Waals surface area contributed by atoms with Gasteiger partial charge in [0.25, 0.3) is 0 Å². The summed E-state index contributed by atoms with van der Waals surface area (Å²) in [5.41, 5.74) is 5.08. The van der Waals surface area contributed by atoms with Crippen molar-refractivity contribution in [2.45, 2.75) is 6.92 Å². The number of benzene rings is 2. The van der Waals surface area contributed by atoms with Gasteiger partial charge in [-0.05, 0) is 37.3 Å². The summed E-state index contributed by atoms with van der Waals surface area (Å²) in [6, 6.07) is 12.7. The third kappa shape index (κ3) is 2.99. The number of nitrogens with zero attached hydrogens (tertiary/aromatic N) is 2. The van der Waals surface area contributed by atoms with E-state index in [9.17, 15) is 5.11 Å². The molecule has 0 aliphatic heterocycles. The van der Waals surface area contributed by atoms with Crippen LogP contribution in [0.5, 0.6) is 5.75 Å². The summed E-state index contributed by atoms with van der Waals surface area (Å²) in [5.74, 6) is 0.145. The van der Waals surface area contributed by atoms with E-state index in [4.69, 9.17) is 11.6 Å². The summed E-state index contributed by atoms with van der Waals surface area (Å²) < 4.78 is 1.10. The lowest BCUT2D eigenvalue weighted by Gasteiger charge is -2.04. The Morgan fingerprint density at radius 3 is 2.90 bits per heavy atom. The molecule has 0 spiro atoms. The molecule has 0 saturated carbocycles. The van der Waals surface area contributed by atoms with Crippen molar-refractivity contribution >= 4 is 44.0 Å². The van der Waals surface area contributed by atoms with E-state index in [-0.39, 0.29) is 5.75 Å². The van der Waals surface area contributed by atoms with Gasteiger partial charge in [-0.25, -0.2) is 4.98 Å². The summed E-state index contributed by atoms with van der Waals surface area (Å²) >= 11 is 7.46. The number of rotatable bonds is 3. The van der Waals surface area contributed by atoms with Gasteiger partial charge in [0, 0.05) is 10.6 Å². The molecule has 106 valence electrons. The zero-order valence-electron chi connectivity index (χ0n) is 11.2. The number of aromatic hydroxyl groups is 1. The van der Waals surface area contributed by atoms with Crippen molar-refractivity contribution in [1.29, 1.82) is 0 Å². The second-order valence-electron chi connectivity index (χ2n) is 4.46. The Labute approximate surface area is 130 Å². The maximum Gasteiger partial charge on any atom is 0.204 e. The lowest BCUT2D eigenvalue weighted by atomic mass is 10.1. The quantitative estimate of drug-likeness (QED) is 0.552. The molecule has 0 atom stereocenters. The average molecular weight is 318 g/mol. The van der Waals surface area contributed by atoms with Crippen LogP contribution in [0.15, 0.2) is 47.6 Å². The van der Waals surface area contributed by atoms with Gasteiger partial charge >= 0.3 is 0 Å². The molecule has 0 radical (unpaired) electrons.